The molecule has 5 rings (SSSR count). The molecule has 0 spiro atoms. The van der Waals surface area contributed by atoms with Crippen LogP contribution < -0.4 is 10.2 Å². The van der Waals surface area contributed by atoms with Crippen molar-refractivity contribution in [2.45, 2.75) is 29.1 Å². The van der Waals surface area contributed by atoms with Gasteiger partial charge in [-0.15, -0.1) is 0 Å². The van der Waals surface area contributed by atoms with E-state index in [1.165, 1.54) is 11.3 Å². The molecule has 2 N–H and O–H groups in total. The van der Waals surface area contributed by atoms with Gasteiger partial charge in [0.15, 0.2) is 0 Å². The molecule has 2 heterocycles. The van der Waals surface area contributed by atoms with E-state index in [1.54, 1.807) is 11.8 Å². The van der Waals surface area contributed by atoms with Gasteiger partial charge < -0.3 is 15.1 Å². The average molecular weight is 510 g/mol. The third-order valence-corrected chi connectivity index (χ3v) is 8.87. The van der Waals surface area contributed by atoms with Gasteiger partial charge in [-0.3, -0.25) is 4.55 Å². The zero-order valence-corrected chi connectivity index (χ0v) is 21.7. The molecule has 1 fully saturated rings. The molecule has 0 radical (unpaired) electrons. The Morgan fingerprint density at radius 1 is 0.971 bits per heavy atom. The highest BCUT2D eigenvalue weighted by molar-refractivity contribution is 7.99. The van der Waals surface area contributed by atoms with Crippen molar-refractivity contribution in [2.75, 3.05) is 49.2 Å². The standard InChI is InChI=1S/C27H31N3O3S2/c1-19(20-7-9-21(10-8-20)30-16-14-29(2)15-17-30)22-11-12-26-27(23(22)13-18-35(31,32)33)28-24-5-3-4-6-25(24)34-26/h3-12,19,28H,13-18H2,1-2H3,(H,31,32,33). The molecular weight excluding hydrogens is 478 g/mol. The Labute approximate surface area is 212 Å². The highest BCUT2D eigenvalue weighted by Crippen LogP contribution is 2.47. The molecule has 6 nitrogen and oxygen atoms in total. The number of hydrogen-bond donors (Lipinski definition) is 2. The van der Waals surface area contributed by atoms with Crippen LogP contribution in [-0.2, 0) is 16.5 Å². The van der Waals surface area contributed by atoms with E-state index in [9.17, 15) is 13.0 Å². The summed E-state index contributed by atoms with van der Waals surface area (Å²) in [7, 11) is -1.92. The van der Waals surface area contributed by atoms with E-state index in [0.29, 0.717) is 0 Å². The molecule has 1 saturated heterocycles. The number of para-hydroxylation sites is 1. The topological polar surface area (TPSA) is 72.9 Å². The molecule has 1 atom stereocenters. The zero-order chi connectivity index (χ0) is 24.6. The molecule has 2 aliphatic heterocycles. The second kappa shape index (κ2) is 9.85. The van der Waals surface area contributed by atoms with Gasteiger partial charge in [-0.2, -0.15) is 8.42 Å². The third kappa shape index (κ3) is 5.35. The number of anilines is 3. The van der Waals surface area contributed by atoms with Crippen molar-refractivity contribution in [3.63, 3.8) is 0 Å². The minimum atomic E-state index is -4.08. The van der Waals surface area contributed by atoms with Gasteiger partial charge in [0, 0.05) is 47.6 Å². The number of likely N-dealkylation sites (N-methyl/N-ethyl adjacent to an activating group) is 1. The summed E-state index contributed by atoms with van der Waals surface area (Å²) in [6.07, 6.45) is 0.247. The quantitative estimate of drug-likeness (QED) is 0.345. The normalized spacial score (nSPS) is 16.8. The predicted molar refractivity (Wildman–Crippen MR) is 144 cm³/mol. The van der Waals surface area contributed by atoms with Crippen LogP contribution in [0.3, 0.4) is 0 Å². The van der Waals surface area contributed by atoms with E-state index in [1.807, 2.05) is 18.2 Å². The Hall–Kier alpha value is -2.52. The van der Waals surface area contributed by atoms with Crippen LogP contribution in [0.1, 0.15) is 29.5 Å². The number of nitrogens with one attached hydrogen (secondary N) is 1. The Balaban J connectivity index is 1.46. The van der Waals surface area contributed by atoms with Crippen LogP contribution in [0.5, 0.6) is 0 Å². The molecule has 1 unspecified atom stereocenters. The Bertz CT molecular complexity index is 1320. The van der Waals surface area contributed by atoms with Gasteiger partial charge in [-0.25, -0.2) is 0 Å². The Morgan fingerprint density at radius 2 is 1.69 bits per heavy atom. The molecule has 0 amide bonds. The molecule has 3 aromatic carbocycles. The Kier molecular flexibility index (Phi) is 6.81. The van der Waals surface area contributed by atoms with Crippen molar-refractivity contribution in [2.24, 2.45) is 0 Å². The van der Waals surface area contributed by atoms with Crippen LogP contribution >= 0.6 is 11.8 Å². The SMILES string of the molecule is CC(c1ccc(N2CCN(C)CC2)cc1)c1ccc2c(c1CCS(=O)(=O)O)Nc1ccccc1S2. The molecule has 0 aromatic heterocycles. The van der Waals surface area contributed by atoms with Crippen LogP contribution in [0.4, 0.5) is 17.1 Å². The van der Waals surface area contributed by atoms with Gasteiger partial charge >= 0.3 is 0 Å². The van der Waals surface area contributed by atoms with Crippen LogP contribution in [-0.4, -0.2) is 56.9 Å². The summed E-state index contributed by atoms with van der Waals surface area (Å²) in [5.41, 5.74) is 6.39. The van der Waals surface area contributed by atoms with Gasteiger partial charge in [0.25, 0.3) is 10.1 Å². The maximum absolute atomic E-state index is 11.7. The number of nitrogens with zero attached hydrogens (tertiary/aromatic N) is 2. The summed E-state index contributed by atoms with van der Waals surface area (Å²) in [6.45, 7) is 6.35. The number of fused-ring (bicyclic) bond motifs is 2. The molecule has 0 saturated carbocycles. The first-order valence-electron chi connectivity index (χ1n) is 12.0. The summed E-state index contributed by atoms with van der Waals surface area (Å²) in [5.74, 6) is -0.235. The van der Waals surface area contributed by atoms with Gasteiger partial charge in [-0.1, -0.05) is 49.0 Å². The molecular formula is C27H31N3O3S2. The Morgan fingerprint density at radius 3 is 2.40 bits per heavy atom. The van der Waals surface area contributed by atoms with Crippen LogP contribution in [0, 0.1) is 0 Å². The van der Waals surface area contributed by atoms with E-state index in [4.69, 9.17) is 0 Å². The zero-order valence-electron chi connectivity index (χ0n) is 20.1. The summed E-state index contributed by atoms with van der Waals surface area (Å²) in [4.78, 5) is 6.97. The smallest absolute Gasteiger partial charge is 0.265 e. The number of hydrogen-bond acceptors (Lipinski definition) is 6. The maximum atomic E-state index is 11.7. The highest BCUT2D eigenvalue weighted by atomic mass is 32.2. The van der Waals surface area contributed by atoms with Crippen LogP contribution in [0.25, 0.3) is 0 Å². The maximum Gasteiger partial charge on any atom is 0.265 e. The van der Waals surface area contributed by atoms with E-state index in [2.05, 4.69) is 71.6 Å². The van der Waals surface area contributed by atoms with E-state index >= 15 is 0 Å². The first-order valence-corrected chi connectivity index (χ1v) is 14.4. The first kappa shape index (κ1) is 24.2. The van der Waals surface area contributed by atoms with Crippen molar-refractivity contribution < 1.29 is 13.0 Å². The minimum absolute atomic E-state index is 0.0715. The van der Waals surface area contributed by atoms with Gasteiger partial charge in [0.2, 0.25) is 0 Å². The van der Waals surface area contributed by atoms with Crippen molar-refractivity contribution in [1.82, 2.24) is 4.90 Å². The second-order valence-electron chi connectivity index (χ2n) is 9.37. The van der Waals surface area contributed by atoms with Crippen molar-refractivity contribution in [1.29, 1.82) is 0 Å². The van der Waals surface area contributed by atoms with Gasteiger partial charge in [0.05, 0.1) is 17.1 Å². The number of rotatable bonds is 6. The molecule has 35 heavy (non-hydrogen) atoms. The molecule has 2 aliphatic rings. The summed E-state index contributed by atoms with van der Waals surface area (Å²) in [5, 5.41) is 3.54. The molecule has 8 heteroatoms. The fourth-order valence-electron chi connectivity index (χ4n) is 4.90. The van der Waals surface area contributed by atoms with Crippen molar-refractivity contribution in [3.8, 4) is 0 Å². The molecule has 184 valence electrons. The lowest BCUT2D eigenvalue weighted by atomic mass is 9.87. The molecule has 0 aliphatic carbocycles. The number of piperazine rings is 1. The first-order chi connectivity index (χ1) is 16.8. The highest BCUT2D eigenvalue weighted by Gasteiger charge is 2.24. The fourth-order valence-corrected chi connectivity index (χ4v) is 6.39. The van der Waals surface area contributed by atoms with E-state index < -0.39 is 10.1 Å². The average Bonchev–Trinajstić information content (AvgIpc) is 2.85. The lowest BCUT2D eigenvalue weighted by Crippen LogP contribution is -2.44. The second-order valence-corrected chi connectivity index (χ2v) is 12.0. The lowest BCUT2D eigenvalue weighted by molar-refractivity contribution is 0.313. The molecule has 3 aromatic rings. The van der Waals surface area contributed by atoms with Crippen LogP contribution in [0.15, 0.2) is 70.5 Å². The van der Waals surface area contributed by atoms with E-state index in [-0.39, 0.29) is 18.1 Å². The predicted octanol–water partition coefficient (Wildman–Crippen LogP) is 5.23. The largest absolute Gasteiger partial charge is 0.369 e. The number of benzene rings is 3. The fraction of sp³-hybridized carbons (Fsp3) is 0.333. The van der Waals surface area contributed by atoms with Gasteiger partial charge in [0.1, 0.15) is 0 Å². The third-order valence-electron chi connectivity index (χ3n) is 7.02. The van der Waals surface area contributed by atoms with Crippen LogP contribution in [0.2, 0.25) is 0 Å². The summed E-state index contributed by atoms with van der Waals surface area (Å²) >= 11 is 1.68. The van der Waals surface area contributed by atoms with Crippen molar-refractivity contribution in [3.05, 3.63) is 77.4 Å². The monoisotopic (exact) mass is 509 g/mol. The van der Waals surface area contributed by atoms with Crippen molar-refractivity contribution >= 4 is 38.9 Å². The minimum Gasteiger partial charge on any atom is -0.369 e. The lowest BCUT2D eigenvalue weighted by Gasteiger charge is -2.34. The molecule has 0 bridgehead atoms. The summed E-state index contributed by atoms with van der Waals surface area (Å²) < 4.78 is 32.8. The van der Waals surface area contributed by atoms with E-state index in [0.717, 1.165) is 58.5 Å². The van der Waals surface area contributed by atoms with Gasteiger partial charge in [-0.05, 0) is 60.5 Å². The summed E-state index contributed by atoms with van der Waals surface area (Å²) in [6, 6.07) is 21.1.